The zero-order chi connectivity index (χ0) is 38.9. The van der Waals surface area contributed by atoms with Crippen molar-refractivity contribution in [2.24, 2.45) is 11.8 Å². The zero-order valence-corrected chi connectivity index (χ0v) is 33.2. The zero-order valence-electron chi connectivity index (χ0n) is 32.5. The number of ketones is 1. The van der Waals surface area contributed by atoms with Crippen LogP contribution in [-0.4, -0.2) is 48.8 Å². The first-order valence-electron chi connectivity index (χ1n) is 17.9. The normalized spacial score (nSPS) is 11.2. The second kappa shape index (κ2) is 34.1. The molecule has 2 aromatic carbocycles. The fourth-order valence-corrected chi connectivity index (χ4v) is 4.27. The minimum Gasteiger partial charge on any atom is -0.362 e. The summed E-state index contributed by atoms with van der Waals surface area (Å²) in [6.45, 7) is 19.6. The molecule has 0 spiro atoms. The molecule has 0 saturated heterocycles. The van der Waals surface area contributed by atoms with E-state index in [0.717, 1.165) is 75.5 Å². The third-order valence-corrected chi connectivity index (χ3v) is 7.73. The first-order chi connectivity index (χ1) is 23.6. The van der Waals surface area contributed by atoms with Crippen LogP contribution in [-0.2, 0) is 14.4 Å². The molecule has 0 aliphatic heterocycles. The van der Waals surface area contributed by atoms with E-state index >= 15 is 0 Å². The number of hydrogen-bond acceptors (Lipinski definition) is 4. The van der Waals surface area contributed by atoms with Crippen molar-refractivity contribution in [2.75, 3.05) is 20.1 Å². The highest BCUT2D eigenvalue weighted by atomic mass is 35.5. The molecule has 2 amide bonds. The molecule has 2 N–H and O–H groups in total. The highest BCUT2D eigenvalue weighted by molar-refractivity contribution is 6.30. The average Bonchev–Trinajstić information content (AvgIpc) is 3.07. The molecule has 2 rings (SSSR count). The van der Waals surface area contributed by atoms with Crippen molar-refractivity contribution in [3.05, 3.63) is 82.9 Å². The third kappa shape index (κ3) is 30.7. The van der Waals surface area contributed by atoms with E-state index in [0.29, 0.717) is 23.9 Å². The topological polar surface area (TPSA) is 90.3 Å². The molecule has 0 saturated carbocycles. The Hall–Kier alpha value is -3.39. The maximum Gasteiger partial charge on any atom is 0.225 e. The lowest BCUT2D eigenvalue weighted by atomic mass is 9.95. The monoisotopic (exact) mass is 721 g/mol. The van der Waals surface area contributed by atoms with Crippen LogP contribution in [0.25, 0.3) is 0 Å². The summed E-state index contributed by atoms with van der Waals surface area (Å²) in [5.74, 6) is 0.487. The minimum absolute atomic E-state index is 0.209. The summed E-state index contributed by atoms with van der Waals surface area (Å²) in [6.07, 6.45) is 12.9. The van der Waals surface area contributed by atoms with Gasteiger partial charge in [0.15, 0.2) is 0 Å². The number of allylic oxidation sites excluding steroid dienone is 2. The van der Waals surface area contributed by atoms with Gasteiger partial charge in [-0.25, -0.2) is 8.78 Å². The Bertz CT molecular complexity index is 1170. The van der Waals surface area contributed by atoms with Gasteiger partial charge in [0.2, 0.25) is 12.3 Å². The summed E-state index contributed by atoms with van der Waals surface area (Å²) in [4.78, 5) is 34.3. The van der Waals surface area contributed by atoms with E-state index in [2.05, 4.69) is 50.0 Å². The van der Waals surface area contributed by atoms with Gasteiger partial charge in [-0.15, -0.1) is 0 Å². The summed E-state index contributed by atoms with van der Waals surface area (Å²) >= 11 is 5.98. The van der Waals surface area contributed by atoms with E-state index in [1.54, 1.807) is 27.0 Å². The third-order valence-electron chi connectivity index (χ3n) is 7.48. The molecule has 1 unspecified atom stereocenters. The van der Waals surface area contributed by atoms with Gasteiger partial charge >= 0.3 is 0 Å². The Morgan fingerprint density at radius 3 is 1.74 bits per heavy atom. The summed E-state index contributed by atoms with van der Waals surface area (Å²) in [5, 5.41) is 9.84. The van der Waals surface area contributed by atoms with Gasteiger partial charge in [0.05, 0.1) is 0 Å². The van der Waals surface area contributed by atoms with Gasteiger partial charge in [-0.3, -0.25) is 14.4 Å². The first-order valence-corrected chi connectivity index (χ1v) is 18.3. The van der Waals surface area contributed by atoms with Gasteiger partial charge in [-0.05, 0) is 94.7 Å². The van der Waals surface area contributed by atoms with E-state index in [1.165, 1.54) is 23.8 Å². The molecule has 2 aromatic rings. The fourth-order valence-electron chi connectivity index (χ4n) is 4.15. The Morgan fingerprint density at radius 2 is 1.40 bits per heavy atom. The Balaban J connectivity index is -0.000000736. The smallest absolute Gasteiger partial charge is 0.225 e. The summed E-state index contributed by atoms with van der Waals surface area (Å²) in [7, 11) is 1.56. The van der Waals surface area contributed by atoms with Gasteiger partial charge in [-0.2, -0.15) is 0 Å². The van der Waals surface area contributed by atoms with Crippen LogP contribution in [0, 0.1) is 28.9 Å². The molecule has 9 heteroatoms. The molecule has 0 radical (unpaired) electrons. The lowest BCUT2D eigenvalue weighted by Gasteiger charge is -2.27. The molecule has 0 heterocycles. The summed E-state index contributed by atoms with van der Waals surface area (Å²) in [5.41, 5.74) is 1.94. The van der Waals surface area contributed by atoms with Gasteiger partial charge < -0.3 is 15.6 Å². The molecule has 2 atom stereocenters. The van der Waals surface area contributed by atoms with E-state index in [1.807, 2.05) is 39.0 Å². The average molecular weight is 722 g/mol. The van der Waals surface area contributed by atoms with Crippen molar-refractivity contribution < 1.29 is 23.2 Å². The molecule has 6 nitrogen and oxygen atoms in total. The molecule has 0 aromatic heterocycles. The lowest BCUT2D eigenvalue weighted by Crippen LogP contribution is -2.37. The predicted octanol–water partition coefficient (Wildman–Crippen LogP) is 11.2. The molecule has 0 aliphatic rings. The Kier molecular flexibility index (Phi) is 34.7. The van der Waals surface area contributed by atoms with E-state index in [4.69, 9.17) is 21.8 Å². The summed E-state index contributed by atoms with van der Waals surface area (Å²) < 4.78 is 23.9. The van der Waals surface area contributed by atoms with Crippen LogP contribution in [0.1, 0.15) is 125 Å². The van der Waals surface area contributed by atoms with Gasteiger partial charge in [0, 0.05) is 48.8 Å². The van der Waals surface area contributed by atoms with Crippen molar-refractivity contribution in [3.63, 3.8) is 0 Å². The minimum atomic E-state index is -0.537. The Morgan fingerprint density at radius 1 is 0.900 bits per heavy atom. The van der Waals surface area contributed by atoms with Crippen molar-refractivity contribution in [3.8, 4) is 0 Å². The van der Waals surface area contributed by atoms with Gasteiger partial charge in [0.1, 0.15) is 17.4 Å². The Labute approximate surface area is 308 Å². The van der Waals surface area contributed by atoms with Crippen LogP contribution in [0.3, 0.4) is 0 Å². The van der Waals surface area contributed by atoms with Gasteiger partial charge in [-0.1, -0.05) is 96.7 Å². The largest absolute Gasteiger partial charge is 0.362 e. The van der Waals surface area contributed by atoms with E-state index in [9.17, 15) is 18.4 Å². The van der Waals surface area contributed by atoms with Crippen molar-refractivity contribution in [1.82, 2.24) is 10.2 Å². The van der Waals surface area contributed by atoms with Crippen LogP contribution in [0.5, 0.6) is 0 Å². The maximum absolute atomic E-state index is 13.0. The molecule has 284 valence electrons. The molecule has 50 heavy (non-hydrogen) atoms. The number of nitrogens with zero attached hydrogens (tertiary/aromatic N) is 1. The summed E-state index contributed by atoms with van der Waals surface area (Å²) in [6, 6.07) is 12.7. The number of benzene rings is 2. The maximum atomic E-state index is 13.0. The number of unbranched alkanes of at least 4 members (excludes halogenated alkanes) is 2. The number of Topliss-reactive ketones (excluding diaryl/α,β-unsaturated/α-hetero) is 1. The number of hydrogen-bond donors (Lipinski definition) is 2. The van der Waals surface area contributed by atoms with Crippen molar-refractivity contribution >= 4 is 35.4 Å². The van der Waals surface area contributed by atoms with Crippen molar-refractivity contribution in [2.45, 2.75) is 120 Å². The molecule has 0 fully saturated rings. The number of carbonyl (C=O) groups excluding carboxylic acids is 3. The molecular formula is C41H66ClF2N3O3. The standard InChI is InChI=1S/C23H38ClNO.C6H4F2.C5H9N.C5H10O.C2H5NO/c1-5-8-12-20(7-3)23(26)25(17-9-6-2)18-10-11-19(4)21-13-15-22(24)16-14-21;7-5-2-1-3-6(8)4-5;1-3-4-5(2)6;1-4(2)5(3)6;1-3-2-4/h13-16,19-20H,5-12,17-18H2,1-4H3;1-4H;3-4,6H,1-2H3;4H,1-3H3;2H,1H3,(H,3,4)/b;;4-3-,6-5?;;/t19?,20-;;;;/m1..../s1. The molecule has 0 aliphatic carbocycles. The fraction of sp³-hybridized carbons (Fsp3) is 0.561. The highest BCUT2D eigenvalue weighted by Crippen LogP contribution is 2.23. The van der Waals surface area contributed by atoms with Gasteiger partial charge in [0.25, 0.3) is 0 Å². The van der Waals surface area contributed by atoms with E-state index in [-0.39, 0.29) is 17.6 Å². The van der Waals surface area contributed by atoms with Crippen molar-refractivity contribution in [1.29, 1.82) is 5.41 Å². The predicted molar refractivity (Wildman–Crippen MR) is 209 cm³/mol. The number of nitrogens with one attached hydrogen (secondary N) is 2. The SMILES string of the molecule is C/C=C\C(C)=N.CC(=O)C(C)C.CCCC[C@@H](CC)C(=O)N(CCCC)CCCC(C)c1ccc(Cl)cc1.CNC=O.Fc1cccc(F)c1. The molecular weight excluding hydrogens is 656 g/mol. The van der Waals surface area contributed by atoms with Crippen LogP contribution in [0.15, 0.2) is 60.7 Å². The van der Waals surface area contributed by atoms with Crippen LogP contribution in [0.2, 0.25) is 5.02 Å². The number of rotatable bonds is 16. The van der Waals surface area contributed by atoms with Crippen LogP contribution < -0.4 is 5.32 Å². The number of halogens is 3. The van der Waals surface area contributed by atoms with Crippen LogP contribution >= 0.6 is 11.6 Å². The second-order valence-corrected chi connectivity index (χ2v) is 12.8. The lowest BCUT2D eigenvalue weighted by molar-refractivity contribution is -0.136. The first kappa shape index (κ1) is 51.0. The highest BCUT2D eigenvalue weighted by Gasteiger charge is 2.22. The quantitative estimate of drug-likeness (QED) is 0.134. The molecule has 0 bridgehead atoms. The number of carbonyl (C=O) groups is 3. The second-order valence-electron chi connectivity index (χ2n) is 12.3. The van der Waals surface area contributed by atoms with E-state index < -0.39 is 11.6 Å². The van der Waals surface area contributed by atoms with Crippen LogP contribution in [0.4, 0.5) is 8.78 Å². The number of amides is 2.